The van der Waals surface area contributed by atoms with E-state index in [1.165, 1.54) is 0 Å². The molecule has 0 aliphatic rings. The molecule has 0 spiro atoms. The highest BCUT2D eigenvalue weighted by atomic mass is 16.4. The van der Waals surface area contributed by atoms with Gasteiger partial charge in [0, 0.05) is 19.4 Å². The molecule has 0 unspecified atom stereocenters. The van der Waals surface area contributed by atoms with Gasteiger partial charge in [0.05, 0.1) is 0 Å². The average molecular weight is 275 g/mol. The summed E-state index contributed by atoms with van der Waals surface area (Å²) in [6, 6.07) is 9.83. The van der Waals surface area contributed by atoms with Crippen LogP contribution in [0.2, 0.25) is 0 Å². The number of carbonyl (C=O) groups is 2. The van der Waals surface area contributed by atoms with E-state index in [2.05, 4.69) is 5.32 Å². The Labute approximate surface area is 119 Å². The molecule has 4 nitrogen and oxygen atoms in total. The summed E-state index contributed by atoms with van der Waals surface area (Å²) in [6.45, 7) is 0.609. The van der Waals surface area contributed by atoms with E-state index in [4.69, 9.17) is 5.11 Å². The van der Waals surface area contributed by atoms with Gasteiger partial charge < -0.3 is 10.4 Å². The molecule has 108 valence electrons. The zero-order valence-corrected chi connectivity index (χ0v) is 11.5. The molecule has 0 aliphatic heterocycles. The van der Waals surface area contributed by atoms with Gasteiger partial charge in [0.15, 0.2) is 0 Å². The van der Waals surface area contributed by atoms with Crippen molar-refractivity contribution in [3.8, 4) is 0 Å². The van der Waals surface area contributed by atoms with Crippen molar-refractivity contribution >= 4 is 18.0 Å². The molecule has 0 saturated carbocycles. The number of carbonyl (C=O) groups excluding carboxylic acids is 1. The zero-order chi connectivity index (χ0) is 14.6. The topological polar surface area (TPSA) is 66.4 Å². The third-order valence-electron chi connectivity index (χ3n) is 2.80. The Hall–Kier alpha value is -2.10. The van der Waals surface area contributed by atoms with Crippen molar-refractivity contribution in [3.63, 3.8) is 0 Å². The van der Waals surface area contributed by atoms with Gasteiger partial charge in [-0.3, -0.25) is 9.59 Å². The van der Waals surface area contributed by atoms with Gasteiger partial charge in [0.1, 0.15) is 0 Å². The number of hydrogen-bond donors (Lipinski definition) is 2. The fourth-order valence-electron chi connectivity index (χ4n) is 1.74. The summed E-state index contributed by atoms with van der Waals surface area (Å²) in [6.07, 6.45) is 6.65. The largest absolute Gasteiger partial charge is 0.481 e. The SMILES string of the molecule is O=C(O)CCCCCNC(=O)C/C=C/c1ccccc1. The number of benzene rings is 1. The smallest absolute Gasteiger partial charge is 0.303 e. The molecule has 0 atom stereocenters. The van der Waals surface area contributed by atoms with E-state index in [1.807, 2.05) is 42.5 Å². The van der Waals surface area contributed by atoms with Crippen LogP contribution >= 0.6 is 0 Å². The Bertz CT molecular complexity index is 440. The molecule has 0 aromatic heterocycles. The van der Waals surface area contributed by atoms with Gasteiger partial charge in [-0.15, -0.1) is 0 Å². The maximum atomic E-state index is 11.5. The minimum absolute atomic E-state index is 0.00424. The quantitative estimate of drug-likeness (QED) is 0.681. The van der Waals surface area contributed by atoms with E-state index in [-0.39, 0.29) is 12.3 Å². The number of hydrogen-bond acceptors (Lipinski definition) is 2. The van der Waals surface area contributed by atoms with Crippen LogP contribution in [0.4, 0.5) is 0 Å². The molecule has 0 bridgehead atoms. The van der Waals surface area contributed by atoms with E-state index in [0.717, 1.165) is 18.4 Å². The fourth-order valence-corrected chi connectivity index (χ4v) is 1.74. The monoisotopic (exact) mass is 275 g/mol. The first-order valence-corrected chi connectivity index (χ1v) is 6.88. The fraction of sp³-hybridized carbons (Fsp3) is 0.375. The summed E-state index contributed by atoms with van der Waals surface area (Å²) in [4.78, 5) is 21.8. The van der Waals surface area contributed by atoms with Crippen LogP contribution in [0, 0.1) is 0 Å². The van der Waals surface area contributed by atoms with Crippen LogP contribution in [0.1, 0.15) is 37.7 Å². The van der Waals surface area contributed by atoms with E-state index in [9.17, 15) is 9.59 Å². The van der Waals surface area contributed by atoms with Crippen LogP contribution in [0.15, 0.2) is 36.4 Å². The Morgan fingerprint density at radius 3 is 2.55 bits per heavy atom. The summed E-state index contributed by atoms with van der Waals surface area (Å²) >= 11 is 0. The number of nitrogens with one attached hydrogen (secondary N) is 1. The number of aliphatic carboxylic acids is 1. The first-order chi connectivity index (χ1) is 9.68. The molecule has 4 heteroatoms. The first-order valence-electron chi connectivity index (χ1n) is 6.88. The molecule has 0 radical (unpaired) electrons. The predicted molar refractivity (Wildman–Crippen MR) is 79.2 cm³/mol. The number of unbranched alkanes of at least 4 members (excludes halogenated alkanes) is 2. The predicted octanol–water partition coefficient (Wildman–Crippen LogP) is 2.85. The van der Waals surface area contributed by atoms with Gasteiger partial charge in [0.25, 0.3) is 0 Å². The molecule has 1 rings (SSSR count). The lowest BCUT2D eigenvalue weighted by Crippen LogP contribution is -2.23. The van der Waals surface area contributed by atoms with Gasteiger partial charge in [-0.1, -0.05) is 48.9 Å². The van der Waals surface area contributed by atoms with E-state index >= 15 is 0 Å². The molecule has 0 aliphatic carbocycles. The normalized spacial score (nSPS) is 10.6. The molecule has 1 aromatic rings. The number of carboxylic acid groups (broad SMARTS) is 1. The van der Waals surface area contributed by atoms with Crippen LogP contribution in [0.5, 0.6) is 0 Å². The minimum Gasteiger partial charge on any atom is -0.481 e. The molecule has 1 amide bonds. The van der Waals surface area contributed by atoms with E-state index < -0.39 is 5.97 Å². The highest BCUT2D eigenvalue weighted by Crippen LogP contribution is 2.02. The van der Waals surface area contributed by atoms with Crippen molar-refractivity contribution in [3.05, 3.63) is 42.0 Å². The van der Waals surface area contributed by atoms with Crippen molar-refractivity contribution in [1.29, 1.82) is 0 Å². The summed E-state index contributed by atoms with van der Waals surface area (Å²) in [5, 5.41) is 11.3. The van der Waals surface area contributed by atoms with E-state index in [1.54, 1.807) is 0 Å². The maximum absolute atomic E-state index is 11.5. The molecule has 1 aromatic carbocycles. The van der Waals surface area contributed by atoms with Crippen molar-refractivity contribution in [1.82, 2.24) is 5.32 Å². The second-order valence-corrected chi connectivity index (χ2v) is 4.57. The average Bonchev–Trinajstić information content (AvgIpc) is 2.43. The van der Waals surface area contributed by atoms with Gasteiger partial charge in [-0.05, 0) is 18.4 Å². The van der Waals surface area contributed by atoms with Crippen LogP contribution in [0.3, 0.4) is 0 Å². The molecule has 0 saturated heterocycles. The van der Waals surface area contributed by atoms with Crippen LogP contribution in [0.25, 0.3) is 6.08 Å². The number of rotatable bonds is 9. The lowest BCUT2D eigenvalue weighted by atomic mass is 10.2. The van der Waals surface area contributed by atoms with Crippen molar-refractivity contribution in [2.75, 3.05) is 6.54 Å². The third kappa shape index (κ3) is 8.08. The Balaban J connectivity index is 2.06. The van der Waals surface area contributed by atoms with Crippen molar-refractivity contribution in [2.24, 2.45) is 0 Å². The van der Waals surface area contributed by atoms with Gasteiger partial charge in [-0.25, -0.2) is 0 Å². The number of amides is 1. The van der Waals surface area contributed by atoms with Gasteiger partial charge >= 0.3 is 5.97 Å². The lowest BCUT2D eigenvalue weighted by Gasteiger charge is -2.02. The summed E-state index contributed by atoms with van der Waals surface area (Å²) in [5.41, 5.74) is 1.08. The third-order valence-corrected chi connectivity index (χ3v) is 2.80. The summed E-state index contributed by atoms with van der Waals surface area (Å²) in [7, 11) is 0. The molecular weight excluding hydrogens is 254 g/mol. The van der Waals surface area contributed by atoms with Crippen LogP contribution < -0.4 is 5.32 Å². The van der Waals surface area contributed by atoms with Crippen molar-refractivity contribution in [2.45, 2.75) is 32.1 Å². The lowest BCUT2D eigenvalue weighted by molar-refractivity contribution is -0.137. The Kier molecular flexibility index (Phi) is 7.80. The highest BCUT2D eigenvalue weighted by molar-refractivity contribution is 5.78. The first kappa shape index (κ1) is 16.0. The molecule has 20 heavy (non-hydrogen) atoms. The van der Waals surface area contributed by atoms with Crippen LogP contribution in [-0.4, -0.2) is 23.5 Å². The minimum atomic E-state index is -0.764. The second kappa shape index (κ2) is 9.78. The summed E-state index contributed by atoms with van der Waals surface area (Å²) < 4.78 is 0. The molecule has 0 heterocycles. The highest BCUT2D eigenvalue weighted by Gasteiger charge is 1.99. The standard InChI is InChI=1S/C16H21NO3/c18-15(17-13-6-2-5-12-16(19)20)11-7-10-14-8-3-1-4-9-14/h1,3-4,7-10H,2,5-6,11-13H2,(H,17,18)(H,19,20)/b10-7+. The zero-order valence-electron chi connectivity index (χ0n) is 11.5. The number of carboxylic acids is 1. The second-order valence-electron chi connectivity index (χ2n) is 4.57. The summed E-state index contributed by atoms with van der Waals surface area (Å²) in [5.74, 6) is -0.768. The maximum Gasteiger partial charge on any atom is 0.303 e. The van der Waals surface area contributed by atoms with E-state index in [0.29, 0.717) is 19.4 Å². The van der Waals surface area contributed by atoms with Gasteiger partial charge in [0.2, 0.25) is 5.91 Å². The molecule has 0 fully saturated rings. The Morgan fingerprint density at radius 2 is 1.85 bits per heavy atom. The van der Waals surface area contributed by atoms with Crippen molar-refractivity contribution < 1.29 is 14.7 Å². The van der Waals surface area contributed by atoms with Crippen LogP contribution in [-0.2, 0) is 9.59 Å². The molecule has 2 N–H and O–H groups in total. The van der Waals surface area contributed by atoms with Gasteiger partial charge in [-0.2, -0.15) is 0 Å². The molecular formula is C16H21NO3. The Morgan fingerprint density at radius 1 is 1.10 bits per heavy atom.